The fourth-order valence-corrected chi connectivity index (χ4v) is 4.52. The van der Waals surface area contributed by atoms with E-state index in [0.29, 0.717) is 15.8 Å². The van der Waals surface area contributed by atoms with Gasteiger partial charge in [-0.2, -0.15) is 0 Å². The zero-order valence-corrected chi connectivity index (χ0v) is 15.9. The minimum absolute atomic E-state index is 0.122. The van der Waals surface area contributed by atoms with Gasteiger partial charge in [0.2, 0.25) is 0 Å². The largest absolute Gasteiger partial charge is 0.489 e. The Hall–Kier alpha value is -1.46. The van der Waals surface area contributed by atoms with Crippen molar-refractivity contribution in [3.63, 3.8) is 0 Å². The molecular formula is C18H22Cl2N2O3. The average molecular weight is 385 g/mol. The van der Waals surface area contributed by atoms with E-state index in [4.69, 9.17) is 27.9 Å². The van der Waals surface area contributed by atoms with Gasteiger partial charge in [0, 0.05) is 0 Å². The lowest BCUT2D eigenvalue weighted by Crippen LogP contribution is -2.58. The second-order valence-corrected chi connectivity index (χ2v) is 7.70. The van der Waals surface area contributed by atoms with Crippen molar-refractivity contribution in [3.8, 4) is 5.75 Å². The highest BCUT2D eigenvalue weighted by atomic mass is 35.5. The van der Waals surface area contributed by atoms with Crippen LogP contribution in [0, 0.1) is 11.8 Å². The Labute approximate surface area is 157 Å². The lowest BCUT2D eigenvalue weighted by Gasteiger charge is -2.42. The Bertz CT molecular complexity index is 665. The molecule has 5 nitrogen and oxygen atoms in total. The Kier molecular flexibility index (Phi) is 5.16. The van der Waals surface area contributed by atoms with Crippen LogP contribution in [0.15, 0.2) is 18.2 Å². The fraction of sp³-hybridized carbons (Fsp3) is 0.556. The number of nitrogens with one attached hydrogen (secondary N) is 1. The van der Waals surface area contributed by atoms with Crippen molar-refractivity contribution in [2.45, 2.75) is 38.6 Å². The molecule has 3 amide bonds. The molecule has 0 bridgehead atoms. The smallest absolute Gasteiger partial charge is 0.325 e. The third-order valence-electron chi connectivity index (χ3n) is 5.47. The molecule has 1 aromatic rings. The normalized spacial score (nSPS) is 29.2. The van der Waals surface area contributed by atoms with Crippen LogP contribution in [-0.2, 0) is 4.79 Å². The number of urea groups is 1. The van der Waals surface area contributed by atoms with Crippen LogP contribution in [-0.4, -0.2) is 35.5 Å². The lowest BCUT2D eigenvalue weighted by molar-refractivity contribution is -0.136. The van der Waals surface area contributed by atoms with Crippen molar-refractivity contribution in [1.29, 1.82) is 0 Å². The van der Waals surface area contributed by atoms with Gasteiger partial charge >= 0.3 is 6.03 Å². The SMILES string of the molecule is CC1CCCC(C)C12NC(=O)N(CCOc1c(Cl)cccc1Cl)C2=O. The summed E-state index contributed by atoms with van der Waals surface area (Å²) in [5, 5.41) is 3.77. The van der Waals surface area contributed by atoms with Crippen molar-refractivity contribution in [1.82, 2.24) is 10.2 Å². The number of carbonyl (C=O) groups excluding carboxylic acids is 2. The summed E-state index contributed by atoms with van der Waals surface area (Å²) in [5.74, 6) is 0.464. The Morgan fingerprint density at radius 1 is 1.20 bits per heavy atom. The topological polar surface area (TPSA) is 58.6 Å². The van der Waals surface area contributed by atoms with Gasteiger partial charge in [0.25, 0.3) is 5.91 Å². The van der Waals surface area contributed by atoms with Crippen LogP contribution in [0.3, 0.4) is 0 Å². The van der Waals surface area contributed by atoms with E-state index >= 15 is 0 Å². The molecule has 1 spiro atoms. The molecule has 25 heavy (non-hydrogen) atoms. The second kappa shape index (κ2) is 7.04. The molecule has 7 heteroatoms. The second-order valence-electron chi connectivity index (χ2n) is 6.89. The molecule has 2 unspecified atom stereocenters. The molecule has 1 saturated carbocycles. The zero-order chi connectivity index (χ0) is 18.2. The molecule has 1 aliphatic heterocycles. The van der Waals surface area contributed by atoms with Crippen LogP contribution >= 0.6 is 23.2 Å². The van der Waals surface area contributed by atoms with Crippen LogP contribution in [0.1, 0.15) is 33.1 Å². The van der Waals surface area contributed by atoms with Gasteiger partial charge in [-0.05, 0) is 36.8 Å². The van der Waals surface area contributed by atoms with Crippen molar-refractivity contribution >= 4 is 35.1 Å². The Morgan fingerprint density at radius 2 is 1.80 bits per heavy atom. The summed E-state index contributed by atoms with van der Waals surface area (Å²) in [4.78, 5) is 26.7. The number of halogens is 2. The van der Waals surface area contributed by atoms with E-state index in [1.165, 1.54) is 4.90 Å². The summed E-state index contributed by atoms with van der Waals surface area (Å²) in [6.07, 6.45) is 2.97. The summed E-state index contributed by atoms with van der Waals surface area (Å²) in [7, 11) is 0. The van der Waals surface area contributed by atoms with Gasteiger partial charge in [-0.15, -0.1) is 0 Å². The third kappa shape index (κ3) is 3.08. The van der Waals surface area contributed by atoms with Crippen LogP contribution in [0.25, 0.3) is 0 Å². The number of benzene rings is 1. The first-order chi connectivity index (χ1) is 11.9. The number of nitrogens with zero attached hydrogens (tertiary/aromatic N) is 1. The highest BCUT2D eigenvalue weighted by molar-refractivity contribution is 6.37. The number of hydrogen-bond donors (Lipinski definition) is 1. The third-order valence-corrected chi connectivity index (χ3v) is 6.06. The van der Waals surface area contributed by atoms with Crippen molar-refractivity contribution < 1.29 is 14.3 Å². The molecule has 2 aliphatic rings. The maximum absolute atomic E-state index is 13.0. The number of rotatable bonds is 4. The minimum atomic E-state index is -0.780. The predicted molar refractivity (Wildman–Crippen MR) is 97.1 cm³/mol. The summed E-state index contributed by atoms with van der Waals surface area (Å²) >= 11 is 12.1. The molecule has 0 radical (unpaired) electrons. The molecule has 1 aromatic carbocycles. The minimum Gasteiger partial charge on any atom is -0.489 e. The number of carbonyl (C=O) groups is 2. The van der Waals surface area contributed by atoms with E-state index in [1.54, 1.807) is 18.2 Å². The highest BCUT2D eigenvalue weighted by Crippen LogP contribution is 2.42. The Balaban J connectivity index is 1.69. The van der Waals surface area contributed by atoms with E-state index in [1.807, 2.05) is 13.8 Å². The summed E-state index contributed by atoms with van der Waals surface area (Å²) in [6.45, 7) is 4.38. The zero-order valence-electron chi connectivity index (χ0n) is 14.4. The van der Waals surface area contributed by atoms with Crippen LogP contribution < -0.4 is 10.1 Å². The molecule has 1 saturated heterocycles. The maximum Gasteiger partial charge on any atom is 0.325 e. The molecule has 1 aliphatic carbocycles. The Morgan fingerprint density at radius 3 is 2.40 bits per heavy atom. The number of hydrogen-bond acceptors (Lipinski definition) is 3. The van der Waals surface area contributed by atoms with Crippen LogP contribution in [0.4, 0.5) is 4.79 Å². The molecule has 1 N–H and O–H groups in total. The first-order valence-corrected chi connectivity index (χ1v) is 9.34. The average Bonchev–Trinajstić information content (AvgIpc) is 2.81. The van der Waals surface area contributed by atoms with Crippen LogP contribution in [0.2, 0.25) is 10.0 Å². The molecule has 136 valence electrons. The molecule has 0 aromatic heterocycles. The van der Waals surface area contributed by atoms with Gasteiger partial charge < -0.3 is 10.1 Å². The van der Waals surface area contributed by atoms with Gasteiger partial charge in [-0.3, -0.25) is 9.69 Å². The predicted octanol–water partition coefficient (Wildman–Crippen LogP) is 4.12. The standard InChI is InChI=1S/C18H22Cl2N2O3/c1-11-5-3-6-12(2)18(11)16(23)22(17(24)21-18)9-10-25-15-13(19)7-4-8-14(15)20/h4,7-8,11-12H,3,5-6,9-10H2,1-2H3,(H,21,24). The van der Waals surface area contributed by atoms with E-state index in [0.717, 1.165) is 19.3 Å². The quantitative estimate of drug-likeness (QED) is 0.794. The van der Waals surface area contributed by atoms with Gasteiger partial charge in [0.15, 0.2) is 5.75 Å². The van der Waals surface area contributed by atoms with E-state index < -0.39 is 5.54 Å². The molecule has 2 fully saturated rings. The maximum atomic E-state index is 13.0. The molecule has 1 heterocycles. The monoisotopic (exact) mass is 384 g/mol. The number of imide groups is 1. The number of para-hydroxylation sites is 1. The lowest BCUT2D eigenvalue weighted by atomic mass is 9.67. The van der Waals surface area contributed by atoms with Crippen molar-refractivity contribution in [2.75, 3.05) is 13.2 Å². The summed E-state index contributed by atoms with van der Waals surface area (Å²) in [6, 6.07) is 4.73. The molecule has 3 rings (SSSR count). The fourth-order valence-electron chi connectivity index (χ4n) is 4.02. The van der Waals surface area contributed by atoms with Gasteiger partial charge in [-0.1, -0.05) is 49.5 Å². The highest BCUT2D eigenvalue weighted by Gasteiger charge is 2.58. The first kappa shape index (κ1) is 18.3. The summed E-state index contributed by atoms with van der Waals surface area (Å²) < 4.78 is 5.62. The van der Waals surface area contributed by atoms with Gasteiger partial charge in [0.1, 0.15) is 12.1 Å². The van der Waals surface area contributed by atoms with E-state index in [9.17, 15) is 9.59 Å². The molecular weight excluding hydrogens is 363 g/mol. The van der Waals surface area contributed by atoms with Gasteiger partial charge in [0.05, 0.1) is 16.6 Å². The van der Waals surface area contributed by atoms with E-state index in [-0.39, 0.29) is 36.9 Å². The van der Waals surface area contributed by atoms with Gasteiger partial charge in [-0.25, -0.2) is 4.79 Å². The summed E-state index contributed by atoms with van der Waals surface area (Å²) in [5.41, 5.74) is -0.780. The van der Waals surface area contributed by atoms with E-state index in [2.05, 4.69) is 5.32 Å². The first-order valence-electron chi connectivity index (χ1n) is 8.59. The van der Waals surface area contributed by atoms with Crippen LogP contribution in [0.5, 0.6) is 5.75 Å². The number of ether oxygens (including phenoxy) is 1. The van der Waals surface area contributed by atoms with Crippen molar-refractivity contribution in [3.05, 3.63) is 28.2 Å². The van der Waals surface area contributed by atoms with Crippen molar-refractivity contribution in [2.24, 2.45) is 11.8 Å². The molecule has 2 atom stereocenters. The number of amides is 3.